The summed E-state index contributed by atoms with van der Waals surface area (Å²) in [5.74, 6) is 0.0175. The van der Waals surface area contributed by atoms with Gasteiger partial charge in [0.25, 0.3) is 11.2 Å². The number of ketones is 1. The highest BCUT2D eigenvalue weighted by Gasteiger charge is 2.16. The highest BCUT2D eigenvalue weighted by atomic mass is 16.6. The van der Waals surface area contributed by atoms with Gasteiger partial charge in [-0.3, -0.25) is 24.3 Å². The third kappa shape index (κ3) is 3.98. The van der Waals surface area contributed by atoms with Gasteiger partial charge in [0.05, 0.1) is 17.7 Å². The summed E-state index contributed by atoms with van der Waals surface area (Å²) in [6.07, 6.45) is 1.96. The fourth-order valence-corrected chi connectivity index (χ4v) is 2.40. The van der Waals surface area contributed by atoms with Crippen molar-refractivity contribution >= 4 is 11.5 Å². The summed E-state index contributed by atoms with van der Waals surface area (Å²) in [4.78, 5) is 34.7. The molecule has 0 spiro atoms. The predicted molar refractivity (Wildman–Crippen MR) is 91.5 cm³/mol. The van der Waals surface area contributed by atoms with Gasteiger partial charge in [-0.2, -0.15) is 5.26 Å². The quantitative estimate of drug-likeness (QED) is 0.457. The molecule has 1 aromatic heterocycles. The Balaban J connectivity index is 2.32. The molecule has 1 atom stereocenters. The number of hydrogen-bond donors (Lipinski definition) is 0. The molecule has 0 saturated carbocycles. The number of benzene rings is 1. The van der Waals surface area contributed by atoms with Crippen LogP contribution in [0, 0.1) is 21.4 Å². The topological polar surface area (TPSA) is 106 Å². The van der Waals surface area contributed by atoms with Crippen molar-refractivity contribution in [2.75, 3.05) is 0 Å². The fraction of sp³-hybridized carbons (Fsp3) is 0.278. The van der Waals surface area contributed by atoms with Crippen molar-refractivity contribution in [1.82, 2.24) is 4.57 Å². The first kappa shape index (κ1) is 18.1. The smallest absolute Gasteiger partial charge is 0.287 e. The van der Waals surface area contributed by atoms with Crippen molar-refractivity contribution < 1.29 is 9.72 Å². The molecule has 7 nitrogen and oxygen atoms in total. The van der Waals surface area contributed by atoms with Crippen LogP contribution in [0.1, 0.15) is 47.7 Å². The molecular weight excluding hydrogens is 322 g/mol. The van der Waals surface area contributed by atoms with Gasteiger partial charge in [-0.1, -0.05) is 38.1 Å². The van der Waals surface area contributed by atoms with Gasteiger partial charge in [0.15, 0.2) is 5.78 Å². The van der Waals surface area contributed by atoms with Crippen LogP contribution in [0.4, 0.5) is 5.69 Å². The van der Waals surface area contributed by atoms with Crippen molar-refractivity contribution in [2.24, 2.45) is 0 Å². The average Bonchev–Trinajstić information content (AvgIpc) is 2.62. The maximum Gasteiger partial charge on any atom is 0.287 e. The number of nitriles is 1. The van der Waals surface area contributed by atoms with Crippen molar-refractivity contribution in [3.8, 4) is 6.07 Å². The second-order valence-corrected chi connectivity index (χ2v) is 5.77. The lowest BCUT2D eigenvalue weighted by molar-refractivity contribution is -0.385. The highest BCUT2D eigenvalue weighted by molar-refractivity contribution is 5.95. The minimum Gasteiger partial charge on any atom is -0.300 e. The van der Waals surface area contributed by atoms with Gasteiger partial charge in [0.2, 0.25) is 0 Å². The van der Waals surface area contributed by atoms with E-state index in [-0.39, 0.29) is 17.9 Å². The van der Waals surface area contributed by atoms with Crippen molar-refractivity contribution in [3.63, 3.8) is 0 Å². The zero-order valence-corrected chi connectivity index (χ0v) is 13.9. The van der Waals surface area contributed by atoms with Crippen LogP contribution >= 0.6 is 0 Å². The van der Waals surface area contributed by atoms with Gasteiger partial charge in [-0.15, -0.1) is 0 Å². The monoisotopic (exact) mass is 339 g/mol. The number of pyridine rings is 1. The van der Waals surface area contributed by atoms with Crippen LogP contribution in [0.2, 0.25) is 0 Å². The second-order valence-electron chi connectivity index (χ2n) is 5.77. The number of hydrogen-bond acceptors (Lipinski definition) is 5. The summed E-state index contributed by atoms with van der Waals surface area (Å²) in [7, 11) is 0. The van der Waals surface area contributed by atoms with Gasteiger partial charge in [-0.25, -0.2) is 0 Å². The van der Waals surface area contributed by atoms with E-state index >= 15 is 0 Å². The van der Waals surface area contributed by atoms with Crippen LogP contribution in [0.25, 0.3) is 0 Å². The number of nitro groups is 1. The van der Waals surface area contributed by atoms with Crippen molar-refractivity contribution in [3.05, 3.63) is 73.7 Å². The zero-order chi connectivity index (χ0) is 18.6. The van der Waals surface area contributed by atoms with Crippen LogP contribution in [-0.2, 0) is 6.54 Å². The summed E-state index contributed by atoms with van der Waals surface area (Å²) in [5.41, 5.74) is 0.0187. The first-order valence-corrected chi connectivity index (χ1v) is 7.79. The molecule has 25 heavy (non-hydrogen) atoms. The molecule has 0 saturated heterocycles. The Morgan fingerprint density at radius 3 is 2.52 bits per heavy atom. The molecule has 0 aliphatic rings. The van der Waals surface area contributed by atoms with Crippen LogP contribution < -0.4 is 5.56 Å². The number of nitrogens with zero attached hydrogens (tertiary/aromatic N) is 3. The van der Waals surface area contributed by atoms with Gasteiger partial charge >= 0.3 is 0 Å². The molecule has 2 aromatic rings. The lowest BCUT2D eigenvalue weighted by Crippen LogP contribution is -2.26. The van der Waals surface area contributed by atoms with E-state index < -0.39 is 16.2 Å². The summed E-state index contributed by atoms with van der Waals surface area (Å²) in [5, 5.41) is 19.8. The van der Waals surface area contributed by atoms with Gasteiger partial charge in [-0.05, 0) is 17.9 Å². The maximum absolute atomic E-state index is 12.4. The predicted octanol–water partition coefficient (Wildman–Crippen LogP) is 3.02. The van der Waals surface area contributed by atoms with Crippen LogP contribution in [0.15, 0.2) is 41.3 Å². The van der Waals surface area contributed by atoms with E-state index in [9.17, 15) is 19.7 Å². The summed E-state index contributed by atoms with van der Waals surface area (Å²) in [6.45, 7) is 3.80. The van der Waals surface area contributed by atoms with Crippen LogP contribution in [0.5, 0.6) is 0 Å². The maximum atomic E-state index is 12.4. The van der Waals surface area contributed by atoms with Crippen molar-refractivity contribution in [1.29, 1.82) is 5.26 Å². The van der Waals surface area contributed by atoms with E-state index in [0.29, 0.717) is 11.5 Å². The largest absolute Gasteiger partial charge is 0.300 e. The number of Topliss-reactive ketones (excluding diaryl/α,β-unsaturated/α-hetero) is 1. The minimum atomic E-state index is -0.724. The summed E-state index contributed by atoms with van der Waals surface area (Å²) >= 11 is 0. The van der Waals surface area contributed by atoms with Crippen LogP contribution in [-0.4, -0.2) is 15.3 Å². The Kier molecular flexibility index (Phi) is 5.45. The molecule has 0 radical (unpaired) electrons. The third-order valence-electron chi connectivity index (χ3n) is 4.13. The molecule has 0 unspecified atom stereocenters. The second kappa shape index (κ2) is 7.53. The Morgan fingerprint density at radius 1 is 1.36 bits per heavy atom. The van der Waals surface area contributed by atoms with E-state index in [0.717, 1.165) is 28.8 Å². The Bertz CT molecular complexity index is 907. The molecule has 0 aliphatic heterocycles. The summed E-state index contributed by atoms with van der Waals surface area (Å²) < 4.78 is 0.904. The first-order valence-electron chi connectivity index (χ1n) is 7.79. The molecule has 1 aromatic carbocycles. The zero-order valence-electron chi connectivity index (χ0n) is 13.9. The minimum absolute atomic E-state index is 0.359. The number of carbonyl (C=O) groups excluding carboxylic acids is 1. The molecule has 7 heteroatoms. The lowest BCUT2D eigenvalue weighted by atomic mass is 9.97. The van der Waals surface area contributed by atoms with Gasteiger partial charge < -0.3 is 0 Å². The molecule has 0 amide bonds. The SMILES string of the molecule is CC[C@H](C)c1ccc(C(=O)Cn2cc([N+](=O)[O-])cc(C#N)c2=O)cc1. The lowest BCUT2D eigenvalue weighted by Gasteiger charge is -2.10. The molecule has 2 rings (SSSR count). The van der Waals surface area contributed by atoms with Gasteiger partial charge in [0.1, 0.15) is 11.6 Å². The van der Waals surface area contributed by atoms with E-state index in [1.54, 1.807) is 18.2 Å². The Labute approximate surface area is 144 Å². The average molecular weight is 339 g/mol. The number of rotatable bonds is 6. The van der Waals surface area contributed by atoms with E-state index in [1.165, 1.54) is 0 Å². The fourth-order valence-electron chi connectivity index (χ4n) is 2.40. The molecule has 128 valence electrons. The van der Waals surface area contributed by atoms with Crippen molar-refractivity contribution in [2.45, 2.75) is 32.7 Å². The van der Waals surface area contributed by atoms with E-state index in [2.05, 4.69) is 13.8 Å². The number of carbonyl (C=O) groups is 1. The molecular formula is C18H17N3O4. The van der Waals surface area contributed by atoms with Crippen LogP contribution in [0.3, 0.4) is 0 Å². The number of aromatic nitrogens is 1. The molecule has 1 heterocycles. The van der Waals surface area contributed by atoms with Gasteiger partial charge in [0, 0.05) is 11.6 Å². The Morgan fingerprint density at radius 2 is 2.00 bits per heavy atom. The Hall–Kier alpha value is -3.27. The molecule has 0 N–H and O–H groups in total. The first-order chi connectivity index (χ1) is 11.9. The standard InChI is InChI=1S/C18H17N3O4/c1-3-12(2)13-4-6-14(7-5-13)17(22)11-20-10-16(21(24)25)8-15(9-19)18(20)23/h4-8,10,12H,3,11H2,1-2H3/t12-/m0/s1. The molecule has 0 aliphatic carbocycles. The molecule has 0 fully saturated rings. The van der Waals surface area contributed by atoms with E-state index in [4.69, 9.17) is 5.26 Å². The normalized spacial score (nSPS) is 11.6. The summed E-state index contributed by atoms with van der Waals surface area (Å²) in [6, 6.07) is 9.60. The molecule has 0 bridgehead atoms. The third-order valence-corrected chi connectivity index (χ3v) is 4.13. The highest BCUT2D eigenvalue weighted by Crippen LogP contribution is 2.19. The van der Waals surface area contributed by atoms with E-state index in [1.807, 2.05) is 12.1 Å².